The predicted octanol–water partition coefficient (Wildman–Crippen LogP) is 3.45. The second-order valence-electron chi connectivity index (χ2n) is 5.09. The van der Waals surface area contributed by atoms with Crippen molar-refractivity contribution in [3.63, 3.8) is 0 Å². The molecule has 0 radical (unpaired) electrons. The number of hydrogen-bond acceptors (Lipinski definition) is 2. The first-order chi connectivity index (χ1) is 8.97. The molecule has 2 unspecified atom stereocenters. The van der Waals surface area contributed by atoms with E-state index in [2.05, 4.69) is 20.8 Å². The highest BCUT2D eigenvalue weighted by Crippen LogP contribution is 2.30. The molecule has 3 nitrogen and oxygen atoms in total. The van der Waals surface area contributed by atoms with Crippen LogP contribution in [0.3, 0.4) is 0 Å². The van der Waals surface area contributed by atoms with E-state index in [0.717, 1.165) is 24.0 Å². The lowest BCUT2D eigenvalue weighted by Crippen LogP contribution is -2.25. The van der Waals surface area contributed by atoms with Crippen LogP contribution in [0, 0.1) is 11.7 Å². The zero-order valence-electron chi connectivity index (χ0n) is 10.8. The molecule has 19 heavy (non-hydrogen) atoms. The lowest BCUT2D eigenvalue weighted by molar-refractivity contribution is -0.138. The van der Waals surface area contributed by atoms with Crippen LogP contribution in [-0.4, -0.2) is 29.1 Å². The van der Waals surface area contributed by atoms with Crippen LogP contribution in [0.4, 0.5) is 4.39 Å². The van der Waals surface area contributed by atoms with E-state index in [1.54, 1.807) is 6.07 Å². The monoisotopic (exact) mass is 329 g/mol. The highest BCUT2D eigenvalue weighted by Gasteiger charge is 2.29. The first-order valence-corrected chi connectivity index (χ1v) is 7.17. The first kappa shape index (κ1) is 14.5. The van der Waals surface area contributed by atoms with E-state index >= 15 is 0 Å². The van der Waals surface area contributed by atoms with Crippen LogP contribution in [-0.2, 0) is 4.79 Å². The molecule has 104 valence electrons. The molecule has 1 aromatic carbocycles. The summed E-state index contributed by atoms with van der Waals surface area (Å²) < 4.78 is 14.6. The Balaban J connectivity index is 2.04. The Morgan fingerprint density at radius 2 is 2.37 bits per heavy atom. The molecule has 0 aromatic heterocycles. The summed E-state index contributed by atoms with van der Waals surface area (Å²) in [5.74, 6) is -0.795. The number of aliphatic carboxylic acids is 1. The maximum atomic E-state index is 13.9. The van der Waals surface area contributed by atoms with Gasteiger partial charge in [-0.05, 0) is 37.9 Å². The smallest absolute Gasteiger partial charge is 0.303 e. The van der Waals surface area contributed by atoms with Crippen molar-refractivity contribution >= 4 is 21.9 Å². The van der Waals surface area contributed by atoms with Crippen molar-refractivity contribution in [2.45, 2.75) is 25.8 Å². The molecule has 1 aromatic rings. The Kier molecular flexibility index (Phi) is 4.58. The molecular weight excluding hydrogens is 313 g/mol. The van der Waals surface area contributed by atoms with Gasteiger partial charge in [0.25, 0.3) is 0 Å². The van der Waals surface area contributed by atoms with Gasteiger partial charge in [0.15, 0.2) is 0 Å². The van der Waals surface area contributed by atoms with Crippen molar-refractivity contribution in [2.24, 2.45) is 5.92 Å². The third-order valence-corrected chi connectivity index (χ3v) is 4.23. The van der Waals surface area contributed by atoms with Gasteiger partial charge in [-0.15, -0.1) is 0 Å². The van der Waals surface area contributed by atoms with Crippen molar-refractivity contribution in [1.82, 2.24) is 4.90 Å². The Bertz CT molecular complexity index is 481. The summed E-state index contributed by atoms with van der Waals surface area (Å²) in [6.45, 7) is 3.52. The molecule has 1 heterocycles. The van der Waals surface area contributed by atoms with Crippen LogP contribution in [0.15, 0.2) is 22.7 Å². The number of halogens is 2. The SMILES string of the molecule is CC(c1ccc(Br)cc1F)N1CCC(CC(=O)O)C1. The summed E-state index contributed by atoms with van der Waals surface area (Å²) in [4.78, 5) is 12.9. The molecule has 0 saturated carbocycles. The zero-order chi connectivity index (χ0) is 14.0. The first-order valence-electron chi connectivity index (χ1n) is 6.38. The van der Waals surface area contributed by atoms with E-state index in [9.17, 15) is 9.18 Å². The molecular formula is C14H17BrFNO2. The van der Waals surface area contributed by atoms with Crippen LogP contribution in [0.2, 0.25) is 0 Å². The normalized spacial score (nSPS) is 21.5. The molecule has 0 bridgehead atoms. The number of benzene rings is 1. The number of carboxylic acid groups (broad SMARTS) is 1. The summed E-state index contributed by atoms with van der Waals surface area (Å²) in [7, 11) is 0. The quantitative estimate of drug-likeness (QED) is 0.919. The Hall–Kier alpha value is -0.940. The van der Waals surface area contributed by atoms with Gasteiger partial charge < -0.3 is 5.11 Å². The fourth-order valence-electron chi connectivity index (χ4n) is 2.66. The van der Waals surface area contributed by atoms with Crippen molar-refractivity contribution in [2.75, 3.05) is 13.1 Å². The molecule has 1 aliphatic heterocycles. The van der Waals surface area contributed by atoms with Crippen molar-refractivity contribution in [1.29, 1.82) is 0 Å². The number of hydrogen-bond donors (Lipinski definition) is 1. The average molecular weight is 330 g/mol. The minimum absolute atomic E-state index is 0.0214. The van der Waals surface area contributed by atoms with Crippen LogP contribution in [0.5, 0.6) is 0 Å². The minimum atomic E-state index is -0.755. The highest BCUT2D eigenvalue weighted by molar-refractivity contribution is 9.10. The van der Waals surface area contributed by atoms with Gasteiger partial charge in [-0.25, -0.2) is 4.39 Å². The van der Waals surface area contributed by atoms with E-state index < -0.39 is 5.97 Å². The van der Waals surface area contributed by atoms with Gasteiger partial charge in [-0.3, -0.25) is 9.69 Å². The van der Waals surface area contributed by atoms with Crippen molar-refractivity contribution < 1.29 is 14.3 Å². The van der Waals surface area contributed by atoms with E-state index in [1.807, 2.05) is 13.0 Å². The summed E-state index contributed by atoms with van der Waals surface area (Å²) in [5.41, 5.74) is 0.666. The van der Waals surface area contributed by atoms with Gasteiger partial charge >= 0.3 is 5.97 Å². The van der Waals surface area contributed by atoms with Gasteiger partial charge in [0, 0.05) is 29.0 Å². The molecule has 1 saturated heterocycles. The maximum Gasteiger partial charge on any atom is 0.303 e. The second kappa shape index (κ2) is 6.01. The molecule has 1 fully saturated rings. The van der Waals surface area contributed by atoms with Crippen molar-refractivity contribution in [3.8, 4) is 0 Å². The minimum Gasteiger partial charge on any atom is -0.481 e. The van der Waals surface area contributed by atoms with Crippen LogP contribution < -0.4 is 0 Å². The molecule has 1 aliphatic rings. The standard InChI is InChI=1S/C14H17BrFNO2/c1-9(12-3-2-11(15)7-13(12)16)17-5-4-10(8-17)6-14(18)19/h2-3,7,9-10H,4-6,8H2,1H3,(H,18,19). The molecule has 2 rings (SSSR count). The Morgan fingerprint density at radius 3 is 3.00 bits per heavy atom. The van der Waals surface area contributed by atoms with Gasteiger partial charge in [-0.1, -0.05) is 22.0 Å². The Morgan fingerprint density at radius 1 is 1.63 bits per heavy atom. The summed E-state index contributed by atoms with van der Waals surface area (Å²) in [5, 5.41) is 8.81. The third-order valence-electron chi connectivity index (χ3n) is 3.74. The fourth-order valence-corrected chi connectivity index (χ4v) is 3.00. The van der Waals surface area contributed by atoms with Gasteiger partial charge in [0.1, 0.15) is 5.82 Å². The Labute approximate surface area is 120 Å². The molecule has 5 heteroatoms. The second-order valence-corrected chi connectivity index (χ2v) is 6.00. The number of carboxylic acids is 1. The molecule has 1 N–H and O–H groups in total. The van der Waals surface area contributed by atoms with Crippen LogP contribution >= 0.6 is 15.9 Å². The summed E-state index contributed by atoms with van der Waals surface area (Å²) in [6.07, 6.45) is 1.07. The molecule has 0 aliphatic carbocycles. The number of carbonyl (C=O) groups is 1. The van der Waals surface area contributed by atoms with E-state index in [4.69, 9.17) is 5.11 Å². The molecule has 2 atom stereocenters. The summed E-state index contributed by atoms with van der Waals surface area (Å²) >= 11 is 3.25. The fraction of sp³-hybridized carbons (Fsp3) is 0.500. The number of rotatable bonds is 4. The lowest BCUT2D eigenvalue weighted by Gasteiger charge is -2.25. The zero-order valence-corrected chi connectivity index (χ0v) is 12.4. The van der Waals surface area contributed by atoms with Gasteiger partial charge in [0.2, 0.25) is 0 Å². The largest absolute Gasteiger partial charge is 0.481 e. The maximum absolute atomic E-state index is 13.9. The third kappa shape index (κ3) is 3.54. The van der Waals surface area contributed by atoms with Crippen LogP contribution in [0.1, 0.15) is 31.4 Å². The van der Waals surface area contributed by atoms with E-state index in [1.165, 1.54) is 6.07 Å². The van der Waals surface area contributed by atoms with Crippen LogP contribution in [0.25, 0.3) is 0 Å². The molecule has 0 amide bonds. The van der Waals surface area contributed by atoms with Gasteiger partial charge in [0.05, 0.1) is 0 Å². The highest BCUT2D eigenvalue weighted by atomic mass is 79.9. The van der Waals surface area contributed by atoms with E-state index in [0.29, 0.717) is 5.56 Å². The number of nitrogens with zero attached hydrogens (tertiary/aromatic N) is 1. The number of likely N-dealkylation sites (tertiary alicyclic amines) is 1. The predicted molar refractivity (Wildman–Crippen MR) is 74.4 cm³/mol. The van der Waals surface area contributed by atoms with E-state index in [-0.39, 0.29) is 24.2 Å². The summed E-state index contributed by atoms with van der Waals surface area (Å²) in [6, 6.07) is 5.07. The average Bonchev–Trinajstić information content (AvgIpc) is 2.75. The topological polar surface area (TPSA) is 40.5 Å². The lowest BCUT2D eigenvalue weighted by atomic mass is 10.0. The van der Waals surface area contributed by atoms with Gasteiger partial charge in [-0.2, -0.15) is 0 Å². The van der Waals surface area contributed by atoms with Crippen molar-refractivity contribution in [3.05, 3.63) is 34.1 Å². The molecule has 0 spiro atoms.